The summed E-state index contributed by atoms with van der Waals surface area (Å²) in [7, 11) is 2.22. The normalized spacial score (nSPS) is 11.8. The maximum absolute atomic E-state index is 13.1. The monoisotopic (exact) mass is 867 g/mol. The lowest BCUT2D eigenvalue weighted by Crippen LogP contribution is -2.40. The predicted molar refractivity (Wildman–Crippen MR) is 201 cm³/mol. The Morgan fingerprint density at radius 2 is 1.53 bits per heavy atom. The number of aromatic carboxylic acids is 1. The van der Waals surface area contributed by atoms with Crippen molar-refractivity contribution in [2.24, 2.45) is 7.05 Å². The number of aromatic nitrogens is 2. The van der Waals surface area contributed by atoms with Crippen molar-refractivity contribution >= 4 is 29.2 Å². The fourth-order valence-corrected chi connectivity index (χ4v) is 5.46. The highest BCUT2D eigenvalue weighted by molar-refractivity contribution is 6.32. The molecule has 1 unspecified atom stereocenters. The minimum absolute atomic E-state index is 0.0779. The number of nitro benzene ring substituents is 1. The lowest BCUT2D eigenvalue weighted by molar-refractivity contribution is -0.385. The van der Waals surface area contributed by atoms with Crippen LogP contribution in [-0.4, -0.2) is 44.3 Å². The van der Waals surface area contributed by atoms with Crippen LogP contribution in [0.4, 0.5) is 32.0 Å². The Balaban J connectivity index is 0.000000287. The van der Waals surface area contributed by atoms with Crippen LogP contribution in [0.15, 0.2) is 94.5 Å². The topological polar surface area (TPSA) is 178 Å². The molecule has 21 heteroatoms. The number of carboxylic acids is 1. The smallest absolute Gasteiger partial charge is 0.431 e. The van der Waals surface area contributed by atoms with Gasteiger partial charge in [0.15, 0.2) is 6.10 Å². The van der Waals surface area contributed by atoms with E-state index < -0.39 is 69.1 Å². The molecular weight excluding hydrogens is 836 g/mol. The summed E-state index contributed by atoms with van der Waals surface area (Å²) in [5, 5.41) is 19.4. The molecule has 1 atom stereocenters. The van der Waals surface area contributed by atoms with Crippen LogP contribution in [-0.2, 0) is 42.0 Å². The average molecular weight is 868 g/mol. The summed E-state index contributed by atoms with van der Waals surface area (Å²) in [5.41, 5.74) is -4.05. The number of aryl methyl sites for hydroxylation is 1. The van der Waals surface area contributed by atoms with E-state index in [1.807, 2.05) is 25.1 Å². The Labute approximate surface area is 339 Å². The predicted octanol–water partition coefficient (Wildman–Crippen LogP) is 8.39. The number of methoxy groups -OCH3 is 1. The number of esters is 1. The zero-order chi connectivity index (χ0) is 44.7. The van der Waals surface area contributed by atoms with Crippen LogP contribution in [0.5, 0.6) is 23.0 Å². The van der Waals surface area contributed by atoms with Gasteiger partial charge in [-0.3, -0.25) is 19.5 Å². The number of ether oxygens (including phenoxy) is 4. The highest BCUT2D eigenvalue weighted by atomic mass is 35.5. The van der Waals surface area contributed by atoms with Crippen LogP contribution in [0.25, 0.3) is 5.69 Å². The molecule has 0 amide bonds. The van der Waals surface area contributed by atoms with Crippen molar-refractivity contribution in [1.29, 1.82) is 0 Å². The molecule has 1 aromatic heterocycles. The van der Waals surface area contributed by atoms with E-state index >= 15 is 0 Å². The molecule has 14 nitrogen and oxygen atoms in total. The van der Waals surface area contributed by atoms with Crippen molar-refractivity contribution in [1.82, 2.24) is 9.13 Å². The fourth-order valence-electron chi connectivity index (χ4n) is 5.24. The summed E-state index contributed by atoms with van der Waals surface area (Å²) < 4.78 is 99.4. The number of halogens is 7. The molecule has 0 saturated heterocycles. The van der Waals surface area contributed by atoms with Crippen molar-refractivity contribution in [2.75, 3.05) is 7.11 Å². The second kappa shape index (κ2) is 18.8. The van der Waals surface area contributed by atoms with Gasteiger partial charge in [-0.15, -0.1) is 0 Å². The van der Waals surface area contributed by atoms with E-state index in [4.69, 9.17) is 35.7 Å². The van der Waals surface area contributed by atoms with Crippen molar-refractivity contribution in [3.63, 3.8) is 0 Å². The van der Waals surface area contributed by atoms with Gasteiger partial charge < -0.3 is 24.1 Å². The zero-order valence-corrected chi connectivity index (χ0v) is 32.3. The van der Waals surface area contributed by atoms with E-state index in [0.29, 0.717) is 38.3 Å². The highest BCUT2D eigenvalue weighted by Gasteiger charge is 2.35. The molecule has 0 fully saturated rings. The first-order valence-electron chi connectivity index (χ1n) is 17.1. The van der Waals surface area contributed by atoms with Gasteiger partial charge in [0, 0.05) is 30.8 Å². The molecule has 0 aliphatic carbocycles. The number of nitrogens with zero attached hydrogens (tertiary/aromatic N) is 3. The van der Waals surface area contributed by atoms with E-state index in [9.17, 15) is 55.6 Å². The molecule has 5 aromatic rings. The molecular formula is C39H32ClF6N3O11. The van der Waals surface area contributed by atoms with E-state index in [0.717, 1.165) is 49.4 Å². The van der Waals surface area contributed by atoms with Crippen LogP contribution < -0.4 is 25.5 Å². The first kappa shape index (κ1) is 45.9. The van der Waals surface area contributed by atoms with Gasteiger partial charge in [0.25, 0.3) is 11.2 Å². The van der Waals surface area contributed by atoms with Crippen LogP contribution in [0.3, 0.4) is 0 Å². The molecule has 1 heterocycles. The summed E-state index contributed by atoms with van der Waals surface area (Å²) >= 11 is 5.72. The molecule has 0 bridgehead atoms. The maximum atomic E-state index is 13.1. The minimum Gasteiger partial charge on any atom is -0.489 e. The van der Waals surface area contributed by atoms with Gasteiger partial charge in [0.05, 0.1) is 28.3 Å². The standard InChI is InChI=1S/C25H25F3N2O6.C14H7ClF3NO5/c1-5-16-6-7-17(20(12-16)36-15(2)23(32)34-4)14-35-19-10-8-18(9-11-19)30-22(31)13-21(25(26,27)28)29(3)24(30)33;15-10-5-7(14(16,17)18)1-4-12(10)24-8-2-3-11(19(22)23)9(6-8)13(20)21/h6-13,15H,5,14H2,1-4H3;1-6H,(H,20,21). The number of rotatable bonds is 12. The lowest BCUT2D eigenvalue weighted by Gasteiger charge is -2.17. The van der Waals surface area contributed by atoms with Crippen molar-refractivity contribution in [3.05, 3.63) is 149 Å². The molecule has 4 aromatic carbocycles. The summed E-state index contributed by atoms with van der Waals surface area (Å²) in [5.74, 6) is -1.52. The Kier molecular flexibility index (Phi) is 14.4. The van der Waals surface area contributed by atoms with Gasteiger partial charge in [0.1, 0.15) is 40.9 Å². The molecule has 60 heavy (non-hydrogen) atoms. The number of benzene rings is 4. The maximum Gasteiger partial charge on any atom is 0.431 e. The quantitative estimate of drug-likeness (QED) is 0.0551. The largest absolute Gasteiger partial charge is 0.489 e. The van der Waals surface area contributed by atoms with Crippen LogP contribution >= 0.6 is 11.6 Å². The van der Waals surface area contributed by atoms with Gasteiger partial charge in [-0.2, -0.15) is 26.3 Å². The van der Waals surface area contributed by atoms with Gasteiger partial charge in [-0.25, -0.2) is 19.0 Å². The SMILES string of the molecule is CCc1ccc(COc2ccc(-n3c(=O)cc(C(F)(F)F)n(C)c3=O)cc2)c(OC(C)C(=O)OC)c1.O=C(O)c1cc(Oc2ccc(C(F)(F)F)cc2Cl)ccc1[N+](=O)[O-]. The second-order valence-corrected chi connectivity index (χ2v) is 12.8. The van der Waals surface area contributed by atoms with Crippen molar-refractivity contribution < 1.29 is 64.9 Å². The molecule has 1 N–H and O–H groups in total. The third kappa shape index (κ3) is 11.2. The van der Waals surface area contributed by atoms with Crippen LogP contribution in [0.2, 0.25) is 5.02 Å². The van der Waals surface area contributed by atoms with Gasteiger partial charge in [-0.1, -0.05) is 30.7 Å². The van der Waals surface area contributed by atoms with Crippen LogP contribution in [0.1, 0.15) is 46.6 Å². The number of hydrogen-bond acceptors (Lipinski definition) is 10. The van der Waals surface area contributed by atoms with Crippen LogP contribution in [0, 0.1) is 10.1 Å². The number of carbonyl (C=O) groups excluding carboxylic acids is 1. The summed E-state index contributed by atoms with van der Waals surface area (Å²) in [6, 6.07) is 16.9. The highest BCUT2D eigenvalue weighted by Crippen LogP contribution is 2.37. The van der Waals surface area contributed by atoms with E-state index in [-0.39, 0.29) is 28.8 Å². The average Bonchev–Trinajstić information content (AvgIpc) is 3.18. The first-order valence-corrected chi connectivity index (χ1v) is 17.5. The number of nitro groups is 1. The molecule has 0 aliphatic rings. The number of hydrogen-bond donors (Lipinski definition) is 1. The summed E-state index contributed by atoms with van der Waals surface area (Å²) in [6.45, 7) is 3.63. The molecule has 0 saturated carbocycles. The molecule has 0 aliphatic heterocycles. The number of carbonyl (C=O) groups is 2. The fraction of sp³-hybridized carbons (Fsp3) is 0.231. The number of carboxylic acid groups (broad SMARTS) is 1. The second-order valence-electron chi connectivity index (χ2n) is 12.4. The number of alkyl halides is 6. The van der Waals surface area contributed by atoms with E-state index in [1.54, 1.807) is 6.92 Å². The van der Waals surface area contributed by atoms with Gasteiger partial charge in [0.2, 0.25) is 0 Å². The third-order valence-corrected chi connectivity index (χ3v) is 8.65. The van der Waals surface area contributed by atoms with Crippen molar-refractivity contribution in [2.45, 2.75) is 45.3 Å². The molecule has 5 rings (SSSR count). The van der Waals surface area contributed by atoms with E-state index in [1.165, 1.54) is 31.4 Å². The Morgan fingerprint density at radius 1 is 0.883 bits per heavy atom. The lowest BCUT2D eigenvalue weighted by atomic mass is 10.1. The Bertz CT molecular complexity index is 2520. The zero-order valence-electron chi connectivity index (χ0n) is 31.6. The van der Waals surface area contributed by atoms with E-state index in [2.05, 4.69) is 0 Å². The summed E-state index contributed by atoms with van der Waals surface area (Å²) in [6.07, 6.45) is -9.48. The molecule has 0 radical (unpaired) electrons. The Morgan fingerprint density at radius 3 is 2.08 bits per heavy atom. The van der Waals surface area contributed by atoms with Gasteiger partial charge >= 0.3 is 30.0 Å². The minimum atomic E-state index is -4.84. The van der Waals surface area contributed by atoms with Crippen molar-refractivity contribution in [3.8, 4) is 28.7 Å². The molecule has 0 spiro atoms. The Hall–Kier alpha value is -6.83. The third-order valence-electron chi connectivity index (χ3n) is 8.36. The first-order chi connectivity index (χ1) is 28.0. The summed E-state index contributed by atoms with van der Waals surface area (Å²) in [4.78, 5) is 57.4. The van der Waals surface area contributed by atoms with Gasteiger partial charge in [-0.05, 0) is 73.5 Å². The molecule has 318 valence electrons.